The summed E-state index contributed by atoms with van der Waals surface area (Å²) >= 11 is 0. The lowest BCUT2D eigenvalue weighted by Gasteiger charge is -2.32. The molecule has 0 aromatic carbocycles. The molecule has 0 spiro atoms. The zero-order valence-corrected chi connectivity index (χ0v) is 22.5. The molecule has 9 heteroatoms. The Kier molecular flexibility index (Phi) is 7.44. The molecule has 2 atom stereocenters. The van der Waals surface area contributed by atoms with E-state index in [1.54, 1.807) is 0 Å². The van der Waals surface area contributed by atoms with Crippen molar-refractivity contribution in [2.24, 2.45) is 16.8 Å². The molecule has 36 heavy (non-hydrogen) atoms. The maximum atomic E-state index is 13.4. The van der Waals surface area contributed by atoms with Crippen molar-refractivity contribution in [1.29, 1.82) is 0 Å². The standard InChI is InChI=1S/C27H38BN3O5/c1-17(2)20(14-24(32)34-7)25(33)31-12-8-9-22(31)21-13-19(16-29-21)18-10-11-23(30-15-18)28-35-26(3,4)27(5,6)36-28/h10-11,15-17,20,22H,8-9,12-14H2,1-7H3/t20-,22-/m0/s1. The van der Waals surface area contributed by atoms with Crippen LogP contribution in [-0.4, -0.2) is 65.5 Å². The Hall–Kier alpha value is -2.52. The molecule has 8 nitrogen and oxygen atoms in total. The summed E-state index contributed by atoms with van der Waals surface area (Å²) in [4.78, 5) is 36.6. The van der Waals surface area contributed by atoms with Crippen LogP contribution in [0.5, 0.6) is 0 Å². The van der Waals surface area contributed by atoms with E-state index in [1.807, 2.05) is 71.0 Å². The highest BCUT2D eigenvalue weighted by atomic mass is 16.7. The second-order valence-corrected chi connectivity index (χ2v) is 11.3. The first kappa shape index (κ1) is 26.5. The van der Waals surface area contributed by atoms with Gasteiger partial charge in [0.1, 0.15) is 0 Å². The van der Waals surface area contributed by atoms with E-state index in [9.17, 15) is 9.59 Å². The quantitative estimate of drug-likeness (QED) is 0.426. The Bertz CT molecular complexity index is 1050. The summed E-state index contributed by atoms with van der Waals surface area (Å²) in [7, 11) is 0.866. The number of carbonyl (C=O) groups is 2. The molecule has 1 aromatic heterocycles. The third kappa shape index (κ3) is 5.14. The number of esters is 1. The first-order chi connectivity index (χ1) is 16.9. The zero-order valence-electron chi connectivity index (χ0n) is 22.5. The largest absolute Gasteiger partial charge is 0.514 e. The van der Waals surface area contributed by atoms with E-state index in [0.29, 0.717) is 13.0 Å². The van der Waals surface area contributed by atoms with Crippen LogP contribution < -0.4 is 5.59 Å². The van der Waals surface area contributed by atoms with Crippen LogP contribution in [0, 0.1) is 11.8 Å². The minimum absolute atomic E-state index is 0.0162. The van der Waals surface area contributed by atoms with Crippen LogP contribution in [0.15, 0.2) is 29.5 Å². The SMILES string of the molecule is COC(=O)C[C@H](C(=O)N1CCC[C@H]1C1=NC=C(c2ccc(B3OC(C)(C)C(C)(C)O3)nc2)C1)C(C)C. The fourth-order valence-electron chi connectivity index (χ4n) is 4.99. The molecule has 194 valence electrons. The number of amides is 1. The second-order valence-electron chi connectivity index (χ2n) is 11.3. The number of hydrogen-bond donors (Lipinski definition) is 0. The van der Waals surface area contributed by atoms with Crippen LogP contribution >= 0.6 is 0 Å². The number of carbonyl (C=O) groups excluding carboxylic acids is 2. The van der Waals surface area contributed by atoms with E-state index < -0.39 is 18.3 Å². The van der Waals surface area contributed by atoms with Crippen LogP contribution in [0.3, 0.4) is 0 Å². The summed E-state index contributed by atoms with van der Waals surface area (Å²) in [6.07, 6.45) is 6.32. The summed E-state index contributed by atoms with van der Waals surface area (Å²) in [5.74, 6) is -0.677. The van der Waals surface area contributed by atoms with Crippen molar-refractivity contribution >= 4 is 35.9 Å². The predicted octanol–water partition coefficient (Wildman–Crippen LogP) is 3.39. The van der Waals surface area contributed by atoms with Gasteiger partial charge in [-0.15, -0.1) is 0 Å². The maximum Gasteiger partial charge on any atom is 0.514 e. The molecule has 0 saturated carbocycles. The van der Waals surface area contributed by atoms with Gasteiger partial charge in [-0.2, -0.15) is 0 Å². The van der Waals surface area contributed by atoms with E-state index >= 15 is 0 Å². The first-order valence-electron chi connectivity index (χ1n) is 12.9. The zero-order chi connectivity index (χ0) is 26.3. The van der Waals surface area contributed by atoms with Crippen LogP contribution in [-0.2, 0) is 23.6 Å². The van der Waals surface area contributed by atoms with Crippen molar-refractivity contribution in [3.8, 4) is 0 Å². The van der Waals surface area contributed by atoms with Gasteiger partial charge in [0.2, 0.25) is 5.91 Å². The molecule has 0 radical (unpaired) electrons. The van der Waals surface area contributed by atoms with Gasteiger partial charge >= 0.3 is 13.1 Å². The maximum absolute atomic E-state index is 13.4. The number of allylic oxidation sites excluding steroid dienone is 1. The predicted molar refractivity (Wildman–Crippen MR) is 140 cm³/mol. The number of nitrogens with zero attached hydrogens (tertiary/aromatic N) is 3. The fourth-order valence-corrected chi connectivity index (χ4v) is 4.99. The number of rotatable bonds is 7. The van der Waals surface area contributed by atoms with Crippen molar-refractivity contribution in [1.82, 2.24) is 9.88 Å². The molecule has 2 saturated heterocycles. The van der Waals surface area contributed by atoms with Crippen LogP contribution in [0.25, 0.3) is 5.57 Å². The van der Waals surface area contributed by atoms with Crippen LogP contribution in [0.2, 0.25) is 0 Å². The molecule has 0 unspecified atom stereocenters. The molecule has 4 rings (SSSR count). The lowest BCUT2D eigenvalue weighted by molar-refractivity contribution is -0.148. The lowest BCUT2D eigenvalue weighted by atomic mass is 9.83. The van der Waals surface area contributed by atoms with Gasteiger partial charge in [0.25, 0.3) is 0 Å². The molecule has 3 aliphatic rings. The normalized spacial score (nSPS) is 23.6. The molecule has 1 amide bonds. The Morgan fingerprint density at radius 2 is 1.89 bits per heavy atom. The van der Waals surface area contributed by atoms with Crippen molar-refractivity contribution in [3.05, 3.63) is 30.1 Å². The topological polar surface area (TPSA) is 90.3 Å². The van der Waals surface area contributed by atoms with E-state index in [1.165, 1.54) is 7.11 Å². The highest BCUT2D eigenvalue weighted by molar-refractivity contribution is 6.61. The lowest BCUT2D eigenvalue weighted by Crippen LogP contribution is -2.45. The first-order valence-corrected chi connectivity index (χ1v) is 12.9. The fraction of sp³-hybridized carbons (Fsp3) is 0.630. The molecule has 1 aromatic rings. The smallest absolute Gasteiger partial charge is 0.469 e. The van der Waals surface area contributed by atoms with E-state index in [4.69, 9.17) is 19.0 Å². The summed E-state index contributed by atoms with van der Waals surface area (Å²) in [5.41, 5.74) is 2.99. The van der Waals surface area contributed by atoms with Gasteiger partial charge in [-0.05, 0) is 63.7 Å². The van der Waals surface area contributed by atoms with Crippen LogP contribution in [0.4, 0.5) is 0 Å². The molecule has 0 N–H and O–H groups in total. The molecule has 0 aliphatic carbocycles. The number of pyridine rings is 1. The number of aromatic nitrogens is 1. The summed E-state index contributed by atoms with van der Waals surface area (Å²) in [6.45, 7) is 12.7. The number of likely N-dealkylation sites (tertiary alicyclic amines) is 1. The summed E-state index contributed by atoms with van der Waals surface area (Å²) < 4.78 is 17.1. The molecule has 0 bridgehead atoms. The Morgan fingerprint density at radius 1 is 1.19 bits per heavy atom. The van der Waals surface area contributed by atoms with Crippen molar-refractivity contribution in [2.75, 3.05) is 13.7 Å². The molecule has 3 aliphatic heterocycles. The summed E-state index contributed by atoms with van der Waals surface area (Å²) in [6, 6.07) is 3.93. The third-order valence-electron chi connectivity index (χ3n) is 8.07. The number of ether oxygens (including phenoxy) is 1. The molecule has 2 fully saturated rings. The average Bonchev–Trinajstić information content (AvgIpc) is 3.54. The van der Waals surface area contributed by atoms with Crippen LogP contribution in [0.1, 0.15) is 72.8 Å². The van der Waals surface area contributed by atoms with Gasteiger partial charge in [-0.3, -0.25) is 19.6 Å². The molecule has 4 heterocycles. The Morgan fingerprint density at radius 3 is 2.47 bits per heavy atom. The van der Waals surface area contributed by atoms with Gasteiger partial charge < -0.3 is 18.9 Å². The molecular weight excluding hydrogens is 457 g/mol. The number of methoxy groups -OCH3 is 1. The Labute approximate surface area is 214 Å². The van der Waals surface area contributed by atoms with E-state index in [-0.39, 0.29) is 36.2 Å². The Balaban J connectivity index is 1.41. The second kappa shape index (κ2) is 10.1. The number of aliphatic imine (C=N–C) groups is 1. The van der Waals surface area contributed by atoms with Crippen molar-refractivity contribution < 1.29 is 23.6 Å². The average molecular weight is 495 g/mol. The third-order valence-corrected chi connectivity index (χ3v) is 8.07. The number of hydrogen-bond acceptors (Lipinski definition) is 7. The van der Waals surface area contributed by atoms with Crippen molar-refractivity contribution in [3.63, 3.8) is 0 Å². The minimum atomic E-state index is -0.495. The highest BCUT2D eigenvalue weighted by Crippen LogP contribution is 2.36. The van der Waals surface area contributed by atoms with Gasteiger partial charge in [0.05, 0.1) is 42.3 Å². The molecular formula is C27H38BN3O5. The van der Waals surface area contributed by atoms with E-state index in [0.717, 1.165) is 35.3 Å². The highest BCUT2D eigenvalue weighted by Gasteiger charge is 2.52. The van der Waals surface area contributed by atoms with E-state index in [2.05, 4.69) is 4.98 Å². The van der Waals surface area contributed by atoms with Gasteiger partial charge in [0.15, 0.2) is 0 Å². The minimum Gasteiger partial charge on any atom is -0.469 e. The van der Waals surface area contributed by atoms with Gasteiger partial charge in [-0.1, -0.05) is 19.9 Å². The van der Waals surface area contributed by atoms with Crippen molar-refractivity contribution in [2.45, 2.75) is 84.5 Å². The van der Waals surface area contributed by atoms with Gasteiger partial charge in [-0.25, -0.2) is 0 Å². The monoisotopic (exact) mass is 495 g/mol. The van der Waals surface area contributed by atoms with Gasteiger partial charge in [0, 0.05) is 31.1 Å². The summed E-state index contributed by atoms with van der Waals surface area (Å²) in [5, 5.41) is 0.